The van der Waals surface area contributed by atoms with Crippen molar-refractivity contribution >= 4 is 0 Å². The molecule has 3 nitrogen and oxygen atoms in total. The molecular formula is C24H40O3. The van der Waals surface area contributed by atoms with Gasteiger partial charge in [0.15, 0.2) is 6.29 Å². The Balaban J connectivity index is 1.59. The van der Waals surface area contributed by atoms with Gasteiger partial charge in [-0.3, -0.25) is 0 Å². The molecule has 0 spiro atoms. The summed E-state index contributed by atoms with van der Waals surface area (Å²) in [6.45, 7) is 7.43. The van der Waals surface area contributed by atoms with E-state index in [1.54, 1.807) is 14.2 Å². The fourth-order valence-corrected chi connectivity index (χ4v) is 8.22. The van der Waals surface area contributed by atoms with Gasteiger partial charge in [0.2, 0.25) is 0 Å². The van der Waals surface area contributed by atoms with E-state index < -0.39 is 0 Å². The number of aliphatic hydroxyl groups is 1. The quantitative estimate of drug-likeness (QED) is 0.552. The van der Waals surface area contributed by atoms with Crippen molar-refractivity contribution in [2.24, 2.45) is 46.3 Å². The molecule has 4 aliphatic rings. The smallest absolute Gasteiger partial charge is 0.159 e. The molecule has 4 aliphatic carbocycles. The van der Waals surface area contributed by atoms with Crippen LogP contribution in [0.1, 0.15) is 65.7 Å². The van der Waals surface area contributed by atoms with Gasteiger partial charge in [0, 0.05) is 20.1 Å². The maximum atomic E-state index is 10.2. The summed E-state index contributed by atoms with van der Waals surface area (Å²) in [5.41, 5.74) is 0.795. The van der Waals surface area contributed by atoms with Crippen LogP contribution in [0.5, 0.6) is 0 Å². The van der Waals surface area contributed by atoms with E-state index in [1.165, 1.54) is 32.1 Å². The number of hydrogen-bond acceptors (Lipinski definition) is 3. The standard InChI is InChI=1S/C24H40O3/c1-15(22(26-4)27-5)19-8-9-20-18-7-6-16-14-17(25)10-12-23(16,2)21(18)11-13-24(19,20)3/h6-7,15-22,25H,8-14H2,1-5H3/t15?,16?,17-,18-,19+,20-,21-,23-,24+/m0/s1. The summed E-state index contributed by atoms with van der Waals surface area (Å²) in [6, 6.07) is 0. The van der Waals surface area contributed by atoms with Gasteiger partial charge in [-0.15, -0.1) is 0 Å². The van der Waals surface area contributed by atoms with E-state index in [0.717, 1.165) is 30.6 Å². The summed E-state index contributed by atoms with van der Waals surface area (Å²) >= 11 is 0. The van der Waals surface area contributed by atoms with Gasteiger partial charge >= 0.3 is 0 Å². The maximum absolute atomic E-state index is 10.2. The Labute approximate surface area is 165 Å². The van der Waals surface area contributed by atoms with Crippen molar-refractivity contribution in [3.05, 3.63) is 12.2 Å². The van der Waals surface area contributed by atoms with E-state index in [9.17, 15) is 5.11 Å². The van der Waals surface area contributed by atoms with Gasteiger partial charge < -0.3 is 14.6 Å². The summed E-state index contributed by atoms with van der Waals surface area (Å²) in [5.74, 6) is 4.01. The third kappa shape index (κ3) is 2.95. The van der Waals surface area contributed by atoms with Crippen LogP contribution in [-0.2, 0) is 9.47 Å². The second-order valence-corrected chi connectivity index (χ2v) is 10.6. The van der Waals surface area contributed by atoms with Crippen molar-refractivity contribution in [1.82, 2.24) is 0 Å². The first-order valence-electron chi connectivity index (χ1n) is 11.3. The molecule has 0 radical (unpaired) electrons. The van der Waals surface area contributed by atoms with Crippen LogP contribution in [0.3, 0.4) is 0 Å². The maximum Gasteiger partial charge on any atom is 0.159 e. The predicted octanol–water partition coefficient (Wildman–Crippen LogP) is 5.04. The molecule has 3 heteroatoms. The molecule has 0 aromatic heterocycles. The molecule has 4 rings (SSSR count). The van der Waals surface area contributed by atoms with Crippen molar-refractivity contribution in [2.45, 2.75) is 78.1 Å². The fraction of sp³-hybridized carbons (Fsp3) is 0.917. The molecule has 3 saturated carbocycles. The second-order valence-electron chi connectivity index (χ2n) is 10.6. The number of rotatable bonds is 4. The molecule has 9 atom stereocenters. The van der Waals surface area contributed by atoms with E-state index in [2.05, 4.69) is 32.9 Å². The van der Waals surface area contributed by atoms with Crippen LogP contribution < -0.4 is 0 Å². The van der Waals surface area contributed by atoms with Gasteiger partial charge in [-0.2, -0.15) is 0 Å². The Morgan fingerprint density at radius 2 is 1.59 bits per heavy atom. The van der Waals surface area contributed by atoms with Gasteiger partial charge in [-0.05, 0) is 85.4 Å². The first-order valence-corrected chi connectivity index (χ1v) is 11.3. The van der Waals surface area contributed by atoms with Crippen LogP contribution in [-0.4, -0.2) is 31.7 Å². The molecule has 3 fully saturated rings. The van der Waals surface area contributed by atoms with E-state index >= 15 is 0 Å². The highest BCUT2D eigenvalue weighted by Gasteiger charge is 2.60. The molecule has 0 heterocycles. The van der Waals surface area contributed by atoms with Crippen LogP contribution in [0.25, 0.3) is 0 Å². The number of fused-ring (bicyclic) bond motifs is 5. The lowest BCUT2D eigenvalue weighted by atomic mass is 9.46. The van der Waals surface area contributed by atoms with Crippen LogP contribution in [0.4, 0.5) is 0 Å². The van der Waals surface area contributed by atoms with Gasteiger partial charge in [-0.1, -0.05) is 32.9 Å². The third-order valence-corrected chi connectivity index (χ3v) is 9.74. The van der Waals surface area contributed by atoms with Gasteiger partial charge in [0.1, 0.15) is 0 Å². The highest BCUT2D eigenvalue weighted by atomic mass is 16.7. The van der Waals surface area contributed by atoms with Gasteiger partial charge in [0.05, 0.1) is 6.10 Å². The van der Waals surface area contributed by atoms with E-state index in [1.807, 2.05) is 0 Å². The minimum Gasteiger partial charge on any atom is -0.393 e. The summed E-state index contributed by atoms with van der Waals surface area (Å²) in [5, 5.41) is 10.2. The molecule has 154 valence electrons. The summed E-state index contributed by atoms with van der Waals surface area (Å²) < 4.78 is 11.3. The van der Waals surface area contributed by atoms with Gasteiger partial charge in [0.25, 0.3) is 0 Å². The Morgan fingerprint density at radius 1 is 0.926 bits per heavy atom. The van der Waals surface area contributed by atoms with Crippen molar-refractivity contribution in [3.8, 4) is 0 Å². The number of aliphatic hydroxyl groups excluding tert-OH is 1. The second kappa shape index (κ2) is 7.15. The zero-order valence-corrected chi connectivity index (χ0v) is 18.0. The zero-order valence-electron chi connectivity index (χ0n) is 18.0. The average molecular weight is 377 g/mol. The van der Waals surface area contributed by atoms with E-state index in [-0.39, 0.29) is 12.4 Å². The summed E-state index contributed by atoms with van der Waals surface area (Å²) in [4.78, 5) is 0. The van der Waals surface area contributed by atoms with Crippen LogP contribution in [0.2, 0.25) is 0 Å². The summed E-state index contributed by atoms with van der Waals surface area (Å²) in [7, 11) is 3.55. The largest absolute Gasteiger partial charge is 0.393 e. The van der Waals surface area contributed by atoms with Crippen LogP contribution in [0.15, 0.2) is 12.2 Å². The van der Waals surface area contributed by atoms with E-state index in [0.29, 0.717) is 28.6 Å². The third-order valence-electron chi connectivity index (χ3n) is 9.74. The van der Waals surface area contributed by atoms with Crippen LogP contribution >= 0.6 is 0 Å². The predicted molar refractivity (Wildman–Crippen MR) is 108 cm³/mol. The molecule has 1 N–H and O–H groups in total. The molecule has 27 heavy (non-hydrogen) atoms. The number of methoxy groups -OCH3 is 2. The van der Waals surface area contributed by atoms with Crippen molar-refractivity contribution in [1.29, 1.82) is 0 Å². The Bertz CT molecular complexity index is 570. The normalized spacial score (nSPS) is 50.2. The Hall–Kier alpha value is -0.380. The molecule has 0 aromatic carbocycles. The molecule has 0 aromatic rings. The number of allylic oxidation sites excluding steroid dienone is 2. The SMILES string of the molecule is COC(OC)C(C)[C@H]1CC[C@H]2[C@@H]3C=CC4C[C@@H](O)CC[C@]4(C)[C@H]3CC[C@]12C. The van der Waals surface area contributed by atoms with E-state index in [4.69, 9.17) is 9.47 Å². The monoisotopic (exact) mass is 376 g/mol. The van der Waals surface area contributed by atoms with Crippen molar-refractivity contribution in [3.63, 3.8) is 0 Å². The lowest BCUT2D eigenvalue weighted by Gasteiger charge is -2.59. The van der Waals surface area contributed by atoms with Crippen molar-refractivity contribution in [2.75, 3.05) is 14.2 Å². The molecule has 0 saturated heterocycles. The molecule has 0 aliphatic heterocycles. The molecule has 0 amide bonds. The first kappa shape index (κ1) is 19.9. The zero-order chi connectivity index (χ0) is 19.4. The summed E-state index contributed by atoms with van der Waals surface area (Å²) in [6.07, 6.45) is 13.4. The Kier molecular flexibility index (Phi) is 5.27. The topological polar surface area (TPSA) is 38.7 Å². The molecule has 2 unspecified atom stereocenters. The highest BCUT2D eigenvalue weighted by Crippen LogP contribution is 2.67. The van der Waals surface area contributed by atoms with Crippen LogP contribution in [0, 0.1) is 46.3 Å². The molecule has 0 bridgehead atoms. The average Bonchev–Trinajstić information content (AvgIpc) is 3.00. The fourth-order valence-electron chi connectivity index (χ4n) is 8.22. The number of hydrogen-bond donors (Lipinski definition) is 1. The first-order chi connectivity index (χ1) is 12.8. The number of ether oxygens (including phenoxy) is 2. The Morgan fingerprint density at radius 3 is 2.30 bits per heavy atom. The minimum absolute atomic E-state index is 0.0881. The van der Waals surface area contributed by atoms with Gasteiger partial charge in [-0.25, -0.2) is 0 Å². The lowest BCUT2D eigenvalue weighted by Crippen LogP contribution is -2.52. The van der Waals surface area contributed by atoms with Crippen molar-refractivity contribution < 1.29 is 14.6 Å². The highest BCUT2D eigenvalue weighted by molar-refractivity contribution is 5.18. The minimum atomic E-state index is -0.0908. The molecular weight excluding hydrogens is 336 g/mol. The lowest BCUT2D eigenvalue weighted by molar-refractivity contribution is -0.161.